The largest absolute Gasteiger partial charge is 0.490 e. The third-order valence-corrected chi connectivity index (χ3v) is 5.11. The van der Waals surface area contributed by atoms with Crippen LogP contribution in [0, 0.1) is 0 Å². The van der Waals surface area contributed by atoms with Gasteiger partial charge in [0.15, 0.2) is 0 Å². The zero-order valence-corrected chi connectivity index (χ0v) is 19.6. The van der Waals surface area contributed by atoms with E-state index >= 15 is 0 Å². The molecule has 0 aromatic heterocycles. The molecule has 0 bridgehead atoms. The highest BCUT2D eigenvalue weighted by Crippen LogP contribution is 2.18. The van der Waals surface area contributed by atoms with Crippen molar-refractivity contribution in [1.29, 1.82) is 0 Å². The van der Waals surface area contributed by atoms with Gasteiger partial charge in [-0.3, -0.25) is 9.59 Å². The molecule has 0 unspecified atom stereocenters. The van der Waals surface area contributed by atoms with Gasteiger partial charge in [-0.15, -0.1) is 0 Å². The molecule has 7 heteroatoms. The number of carbonyl (C=O) groups excluding carboxylic acids is 2. The van der Waals surface area contributed by atoms with Crippen LogP contribution in [-0.2, 0) is 4.79 Å². The summed E-state index contributed by atoms with van der Waals surface area (Å²) in [4.78, 5) is 24.7. The third kappa shape index (κ3) is 7.63. The Balaban J connectivity index is 1.19. The molecule has 36 heavy (non-hydrogen) atoms. The quantitative estimate of drug-likeness (QED) is 0.248. The van der Waals surface area contributed by atoms with Gasteiger partial charge < -0.3 is 25.4 Å². The van der Waals surface area contributed by atoms with E-state index in [1.807, 2.05) is 60.7 Å². The Bertz CT molecular complexity index is 1260. The molecular formula is C29H27N3O4. The fraction of sp³-hybridized carbons (Fsp3) is 0.103. The normalized spacial score (nSPS) is 10.2. The fourth-order valence-electron chi connectivity index (χ4n) is 3.36. The number of hydrogen-bond acceptors (Lipinski definition) is 5. The van der Waals surface area contributed by atoms with Crippen molar-refractivity contribution in [2.45, 2.75) is 0 Å². The van der Waals surface area contributed by atoms with Gasteiger partial charge in [-0.05, 0) is 66.7 Å². The number of carbonyl (C=O) groups is 2. The van der Waals surface area contributed by atoms with E-state index < -0.39 is 0 Å². The van der Waals surface area contributed by atoms with Crippen molar-refractivity contribution < 1.29 is 19.1 Å². The lowest BCUT2D eigenvalue weighted by atomic mass is 10.2. The van der Waals surface area contributed by atoms with Gasteiger partial charge in [0, 0.05) is 22.6 Å². The SMILES string of the molecule is O=C(CNc1cccc(NC(=O)c2ccccc2)c1)Nc1ccc(OCCOc2ccccc2)cc1. The predicted molar refractivity (Wildman–Crippen MR) is 142 cm³/mol. The summed E-state index contributed by atoms with van der Waals surface area (Å²) in [6, 6.07) is 32.9. The molecule has 0 saturated heterocycles. The van der Waals surface area contributed by atoms with E-state index in [0.717, 1.165) is 11.4 Å². The molecule has 0 aliphatic carbocycles. The van der Waals surface area contributed by atoms with Gasteiger partial charge in [0.1, 0.15) is 24.7 Å². The van der Waals surface area contributed by atoms with Crippen LogP contribution in [-0.4, -0.2) is 31.6 Å². The Hall–Kier alpha value is -4.78. The van der Waals surface area contributed by atoms with Crippen molar-refractivity contribution in [3.63, 3.8) is 0 Å². The van der Waals surface area contributed by atoms with Crippen LogP contribution in [0.2, 0.25) is 0 Å². The van der Waals surface area contributed by atoms with Gasteiger partial charge in [-0.2, -0.15) is 0 Å². The van der Waals surface area contributed by atoms with E-state index in [0.29, 0.717) is 35.9 Å². The minimum Gasteiger partial charge on any atom is -0.490 e. The van der Waals surface area contributed by atoms with Gasteiger partial charge in [-0.25, -0.2) is 0 Å². The summed E-state index contributed by atoms with van der Waals surface area (Å²) < 4.78 is 11.3. The van der Waals surface area contributed by atoms with Crippen LogP contribution in [0.3, 0.4) is 0 Å². The van der Waals surface area contributed by atoms with Crippen molar-refractivity contribution in [2.24, 2.45) is 0 Å². The highest BCUT2D eigenvalue weighted by Gasteiger charge is 2.07. The van der Waals surface area contributed by atoms with Gasteiger partial charge in [0.2, 0.25) is 5.91 Å². The molecule has 7 nitrogen and oxygen atoms in total. The zero-order chi connectivity index (χ0) is 25.0. The first-order valence-corrected chi connectivity index (χ1v) is 11.6. The number of para-hydroxylation sites is 1. The molecule has 2 amide bonds. The second-order valence-electron chi connectivity index (χ2n) is 7.84. The maximum Gasteiger partial charge on any atom is 0.255 e. The number of amides is 2. The Kier molecular flexibility index (Phi) is 8.53. The van der Waals surface area contributed by atoms with E-state index in [-0.39, 0.29) is 18.4 Å². The molecule has 182 valence electrons. The molecule has 4 aromatic carbocycles. The van der Waals surface area contributed by atoms with E-state index in [1.165, 1.54) is 0 Å². The molecule has 4 aromatic rings. The maximum atomic E-state index is 12.4. The summed E-state index contributed by atoms with van der Waals surface area (Å²) in [5.41, 5.74) is 2.60. The molecule has 0 aliphatic rings. The lowest BCUT2D eigenvalue weighted by Gasteiger charge is -2.11. The van der Waals surface area contributed by atoms with Gasteiger partial charge in [-0.1, -0.05) is 42.5 Å². The molecular weight excluding hydrogens is 454 g/mol. The smallest absolute Gasteiger partial charge is 0.255 e. The predicted octanol–water partition coefficient (Wildman–Crippen LogP) is 5.45. The van der Waals surface area contributed by atoms with Crippen LogP contribution in [0.4, 0.5) is 17.1 Å². The van der Waals surface area contributed by atoms with Crippen molar-refractivity contribution >= 4 is 28.9 Å². The monoisotopic (exact) mass is 481 g/mol. The number of nitrogens with one attached hydrogen (secondary N) is 3. The molecule has 0 radical (unpaired) electrons. The number of benzene rings is 4. The second-order valence-corrected chi connectivity index (χ2v) is 7.84. The van der Waals surface area contributed by atoms with Crippen LogP contribution >= 0.6 is 0 Å². The Morgan fingerprint density at radius 1 is 0.583 bits per heavy atom. The first-order valence-electron chi connectivity index (χ1n) is 11.6. The average molecular weight is 482 g/mol. The molecule has 0 spiro atoms. The van der Waals surface area contributed by atoms with Crippen molar-refractivity contribution in [3.8, 4) is 11.5 Å². The van der Waals surface area contributed by atoms with E-state index in [9.17, 15) is 9.59 Å². The van der Waals surface area contributed by atoms with E-state index in [1.54, 1.807) is 48.5 Å². The topological polar surface area (TPSA) is 88.7 Å². The average Bonchev–Trinajstić information content (AvgIpc) is 2.92. The van der Waals surface area contributed by atoms with Gasteiger partial charge >= 0.3 is 0 Å². The number of hydrogen-bond donors (Lipinski definition) is 3. The van der Waals surface area contributed by atoms with E-state index in [4.69, 9.17) is 9.47 Å². The van der Waals surface area contributed by atoms with Crippen LogP contribution in [0.5, 0.6) is 11.5 Å². The Morgan fingerprint density at radius 3 is 1.89 bits per heavy atom. The number of rotatable bonds is 11. The second kappa shape index (κ2) is 12.6. The Morgan fingerprint density at radius 2 is 1.19 bits per heavy atom. The van der Waals surface area contributed by atoms with Crippen LogP contribution in [0.1, 0.15) is 10.4 Å². The zero-order valence-electron chi connectivity index (χ0n) is 19.6. The summed E-state index contributed by atoms with van der Waals surface area (Å²) in [5, 5.41) is 8.78. The summed E-state index contributed by atoms with van der Waals surface area (Å²) in [7, 11) is 0. The minimum atomic E-state index is -0.196. The molecule has 0 saturated carbocycles. The molecule has 0 fully saturated rings. The summed E-state index contributed by atoms with van der Waals surface area (Å²) in [6.07, 6.45) is 0. The summed E-state index contributed by atoms with van der Waals surface area (Å²) in [6.45, 7) is 0.922. The minimum absolute atomic E-state index is 0.0746. The van der Waals surface area contributed by atoms with E-state index in [2.05, 4.69) is 16.0 Å². The lowest BCUT2D eigenvalue weighted by Crippen LogP contribution is -2.21. The van der Waals surface area contributed by atoms with Crippen LogP contribution in [0.15, 0.2) is 109 Å². The molecule has 4 rings (SSSR count). The molecule has 0 aliphatic heterocycles. The first kappa shape index (κ1) is 24.3. The summed E-state index contributed by atoms with van der Waals surface area (Å²) in [5.74, 6) is 1.11. The van der Waals surface area contributed by atoms with Crippen molar-refractivity contribution in [1.82, 2.24) is 0 Å². The Labute approximate surface area is 210 Å². The molecule has 0 heterocycles. The molecule has 0 atom stereocenters. The van der Waals surface area contributed by atoms with Gasteiger partial charge in [0.25, 0.3) is 5.91 Å². The van der Waals surface area contributed by atoms with Crippen LogP contribution in [0.25, 0.3) is 0 Å². The number of anilines is 3. The number of ether oxygens (including phenoxy) is 2. The third-order valence-electron chi connectivity index (χ3n) is 5.11. The van der Waals surface area contributed by atoms with Gasteiger partial charge in [0.05, 0.1) is 6.54 Å². The fourth-order valence-corrected chi connectivity index (χ4v) is 3.36. The maximum absolute atomic E-state index is 12.4. The highest BCUT2D eigenvalue weighted by molar-refractivity contribution is 6.04. The van der Waals surface area contributed by atoms with Crippen molar-refractivity contribution in [3.05, 3.63) is 115 Å². The van der Waals surface area contributed by atoms with Crippen molar-refractivity contribution in [2.75, 3.05) is 35.7 Å². The lowest BCUT2D eigenvalue weighted by molar-refractivity contribution is -0.114. The molecule has 3 N–H and O–H groups in total. The first-order chi connectivity index (χ1) is 17.7. The van der Waals surface area contributed by atoms with Crippen LogP contribution < -0.4 is 25.4 Å². The standard InChI is InChI=1S/C29H27N3O4/c33-28(21-30-24-10-7-11-25(20-24)32-29(34)22-8-3-1-4-9-22)31-23-14-16-27(17-15-23)36-19-18-35-26-12-5-2-6-13-26/h1-17,20,30H,18-19,21H2,(H,31,33)(H,32,34). The summed E-state index contributed by atoms with van der Waals surface area (Å²) >= 11 is 0. The highest BCUT2D eigenvalue weighted by atomic mass is 16.5.